The van der Waals surface area contributed by atoms with E-state index in [9.17, 15) is 5.11 Å². The maximum absolute atomic E-state index is 10.1. The Bertz CT molecular complexity index is 726. The van der Waals surface area contributed by atoms with Crippen LogP contribution < -0.4 is 9.64 Å². The van der Waals surface area contributed by atoms with E-state index in [1.807, 2.05) is 12.1 Å². The van der Waals surface area contributed by atoms with Crippen LogP contribution in [0.1, 0.15) is 5.56 Å². The zero-order chi connectivity index (χ0) is 16.9. The molecule has 24 heavy (non-hydrogen) atoms. The molecule has 0 radical (unpaired) electrons. The van der Waals surface area contributed by atoms with Crippen molar-refractivity contribution in [2.24, 2.45) is 4.99 Å². The third kappa shape index (κ3) is 3.80. The molecule has 0 aliphatic carbocycles. The molecule has 0 unspecified atom stereocenters. The lowest BCUT2D eigenvalue weighted by molar-refractivity contribution is 0.122. The molecule has 2 aromatic carbocycles. The first-order valence-electron chi connectivity index (χ1n) is 7.70. The van der Waals surface area contributed by atoms with Crippen LogP contribution in [-0.4, -0.2) is 44.7 Å². The summed E-state index contributed by atoms with van der Waals surface area (Å²) in [6.07, 6.45) is 1.69. The van der Waals surface area contributed by atoms with Gasteiger partial charge in [0.1, 0.15) is 5.69 Å². The normalized spacial score (nSPS) is 15.0. The predicted octanol–water partition coefficient (Wildman–Crippen LogP) is 3.64. The van der Waals surface area contributed by atoms with E-state index in [0.29, 0.717) is 16.5 Å². The molecular formula is C18H19ClN2O3. The summed E-state index contributed by atoms with van der Waals surface area (Å²) in [5.41, 5.74) is 2.48. The summed E-state index contributed by atoms with van der Waals surface area (Å²) < 4.78 is 10.4. The van der Waals surface area contributed by atoms with Crippen LogP contribution in [0.5, 0.6) is 11.5 Å². The summed E-state index contributed by atoms with van der Waals surface area (Å²) in [6.45, 7) is 3.34. The Morgan fingerprint density at radius 1 is 1.21 bits per heavy atom. The van der Waals surface area contributed by atoms with Crippen LogP contribution in [0.4, 0.5) is 11.4 Å². The van der Waals surface area contributed by atoms with Crippen molar-refractivity contribution in [1.29, 1.82) is 0 Å². The molecule has 1 heterocycles. The van der Waals surface area contributed by atoms with E-state index in [1.54, 1.807) is 18.3 Å². The molecule has 2 aromatic rings. The smallest absolute Gasteiger partial charge is 0.184 e. The number of aromatic hydroxyl groups is 1. The number of ether oxygens (including phenoxy) is 2. The molecule has 0 spiro atoms. The van der Waals surface area contributed by atoms with Crippen molar-refractivity contribution >= 4 is 29.2 Å². The largest absolute Gasteiger partial charge is 0.503 e. The van der Waals surface area contributed by atoms with E-state index in [0.717, 1.165) is 31.9 Å². The van der Waals surface area contributed by atoms with E-state index >= 15 is 0 Å². The van der Waals surface area contributed by atoms with Crippen LogP contribution >= 0.6 is 11.6 Å². The number of benzene rings is 2. The number of methoxy groups -OCH3 is 1. The molecule has 1 aliphatic rings. The second-order valence-corrected chi connectivity index (χ2v) is 5.86. The highest BCUT2D eigenvalue weighted by atomic mass is 35.5. The Kier molecular flexibility index (Phi) is 5.23. The minimum atomic E-state index is -0.0249. The minimum absolute atomic E-state index is 0.0249. The highest BCUT2D eigenvalue weighted by Crippen LogP contribution is 2.38. The number of anilines is 1. The van der Waals surface area contributed by atoms with E-state index in [1.165, 1.54) is 12.8 Å². The van der Waals surface area contributed by atoms with Crippen LogP contribution in [0.15, 0.2) is 41.4 Å². The summed E-state index contributed by atoms with van der Waals surface area (Å²) in [5.74, 6) is 0.278. The summed E-state index contributed by atoms with van der Waals surface area (Å²) in [7, 11) is 1.48. The first kappa shape index (κ1) is 16.6. The molecule has 0 saturated carbocycles. The van der Waals surface area contributed by atoms with Gasteiger partial charge >= 0.3 is 0 Å². The Hall–Kier alpha value is -2.24. The molecule has 0 bridgehead atoms. The fourth-order valence-electron chi connectivity index (χ4n) is 2.55. The number of aliphatic imine (C=N–C) groups is 1. The standard InChI is InChI=1S/C18H19ClN2O3/c1-23-17-11-14(19)10-16(18(17)22)20-12-13-2-4-15(5-3-13)21-6-8-24-9-7-21/h2-5,10-12,22H,6-9H2,1H3. The van der Waals surface area contributed by atoms with Gasteiger partial charge in [0.05, 0.1) is 20.3 Å². The molecule has 0 atom stereocenters. The minimum Gasteiger partial charge on any atom is -0.503 e. The monoisotopic (exact) mass is 346 g/mol. The van der Waals surface area contributed by atoms with Crippen LogP contribution in [-0.2, 0) is 4.74 Å². The van der Waals surface area contributed by atoms with Crippen molar-refractivity contribution in [2.75, 3.05) is 38.3 Å². The fourth-order valence-corrected chi connectivity index (χ4v) is 2.75. The van der Waals surface area contributed by atoms with Gasteiger partial charge in [0, 0.05) is 36.1 Å². The van der Waals surface area contributed by atoms with Crippen LogP contribution in [0, 0.1) is 0 Å². The topological polar surface area (TPSA) is 54.3 Å². The Labute approximate surface area is 146 Å². The van der Waals surface area contributed by atoms with Gasteiger partial charge in [0.25, 0.3) is 0 Å². The number of hydrogen-bond acceptors (Lipinski definition) is 5. The highest BCUT2D eigenvalue weighted by molar-refractivity contribution is 6.31. The van der Waals surface area contributed by atoms with E-state index in [4.69, 9.17) is 21.1 Å². The van der Waals surface area contributed by atoms with Gasteiger partial charge in [0.2, 0.25) is 0 Å². The Morgan fingerprint density at radius 2 is 1.92 bits per heavy atom. The maximum Gasteiger partial charge on any atom is 0.184 e. The molecule has 1 aliphatic heterocycles. The molecule has 1 N–H and O–H groups in total. The zero-order valence-corrected chi connectivity index (χ0v) is 14.2. The van der Waals surface area contributed by atoms with Gasteiger partial charge in [-0.15, -0.1) is 0 Å². The number of rotatable bonds is 4. The van der Waals surface area contributed by atoms with Crippen molar-refractivity contribution in [2.45, 2.75) is 0 Å². The second kappa shape index (κ2) is 7.55. The van der Waals surface area contributed by atoms with Gasteiger partial charge < -0.3 is 19.5 Å². The number of nitrogens with zero attached hydrogens (tertiary/aromatic N) is 2. The third-order valence-corrected chi connectivity index (χ3v) is 4.08. The highest BCUT2D eigenvalue weighted by Gasteiger charge is 2.11. The fraction of sp³-hybridized carbons (Fsp3) is 0.278. The molecule has 3 rings (SSSR count). The van der Waals surface area contributed by atoms with Gasteiger partial charge in [-0.2, -0.15) is 0 Å². The molecule has 5 nitrogen and oxygen atoms in total. The predicted molar refractivity (Wildman–Crippen MR) is 96.4 cm³/mol. The van der Waals surface area contributed by atoms with Crippen LogP contribution in [0.3, 0.4) is 0 Å². The SMILES string of the molecule is COc1cc(Cl)cc(N=Cc2ccc(N3CCOCC3)cc2)c1O. The second-order valence-electron chi connectivity index (χ2n) is 5.42. The molecule has 0 amide bonds. The first-order valence-corrected chi connectivity index (χ1v) is 8.08. The molecular weight excluding hydrogens is 328 g/mol. The molecule has 1 fully saturated rings. The number of morpholine rings is 1. The molecule has 0 aromatic heterocycles. The van der Waals surface area contributed by atoms with Crippen LogP contribution in [0.2, 0.25) is 5.02 Å². The number of hydrogen-bond donors (Lipinski definition) is 1. The average molecular weight is 347 g/mol. The summed E-state index contributed by atoms with van der Waals surface area (Å²) in [5, 5.41) is 10.5. The summed E-state index contributed by atoms with van der Waals surface area (Å²) in [6, 6.07) is 11.3. The summed E-state index contributed by atoms with van der Waals surface area (Å²) in [4.78, 5) is 6.60. The van der Waals surface area contributed by atoms with Crippen molar-refractivity contribution < 1.29 is 14.6 Å². The van der Waals surface area contributed by atoms with Crippen molar-refractivity contribution in [1.82, 2.24) is 0 Å². The van der Waals surface area contributed by atoms with Gasteiger partial charge in [-0.3, -0.25) is 4.99 Å². The van der Waals surface area contributed by atoms with Gasteiger partial charge in [-0.1, -0.05) is 23.7 Å². The number of phenolic OH excluding ortho intramolecular Hbond substituents is 1. The van der Waals surface area contributed by atoms with Crippen molar-refractivity contribution in [3.05, 3.63) is 47.0 Å². The zero-order valence-electron chi connectivity index (χ0n) is 13.4. The number of phenols is 1. The van der Waals surface area contributed by atoms with Crippen molar-refractivity contribution in [3.8, 4) is 11.5 Å². The molecule has 6 heteroatoms. The van der Waals surface area contributed by atoms with E-state index < -0.39 is 0 Å². The van der Waals surface area contributed by atoms with E-state index in [-0.39, 0.29) is 5.75 Å². The van der Waals surface area contributed by atoms with Crippen molar-refractivity contribution in [3.63, 3.8) is 0 Å². The van der Waals surface area contributed by atoms with Gasteiger partial charge in [-0.05, 0) is 23.8 Å². The Morgan fingerprint density at radius 3 is 2.58 bits per heavy atom. The molecule has 126 valence electrons. The molecule has 1 saturated heterocycles. The third-order valence-electron chi connectivity index (χ3n) is 3.86. The quantitative estimate of drug-likeness (QED) is 0.859. The Balaban J connectivity index is 1.76. The van der Waals surface area contributed by atoms with Crippen LogP contribution in [0.25, 0.3) is 0 Å². The lowest BCUT2D eigenvalue weighted by Crippen LogP contribution is -2.36. The lowest BCUT2D eigenvalue weighted by atomic mass is 10.2. The average Bonchev–Trinajstić information content (AvgIpc) is 2.63. The maximum atomic E-state index is 10.1. The first-order chi connectivity index (χ1) is 11.7. The summed E-state index contributed by atoms with van der Waals surface area (Å²) >= 11 is 6.01. The van der Waals surface area contributed by atoms with E-state index in [2.05, 4.69) is 22.0 Å². The van der Waals surface area contributed by atoms with Gasteiger partial charge in [0.15, 0.2) is 11.5 Å². The number of halogens is 1. The van der Waals surface area contributed by atoms with Gasteiger partial charge in [-0.25, -0.2) is 0 Å². The lowest BCUT2D eigenvalue weighted by Gasteiger charge is -2.28.